The van der Waals surface area contributed by atoms with Crippen molar-refractivity contribution in [3.8, 4) is 5.69 Å². The minimum atomic E-state index is -0.520. The number of nitro benzene ring substituents is 1. The van der Waals surface area contributed by atoms with Crippen molar-refractivity contribution in [2.45, 2.75) is 6.92 Å². The van der Waals surface area contributed by atoms with E-state index in [4.69, 9.17) is 11.6 Å². The third kappa shape index (κ3) is 3.48. The number of non-ortho nitro benzene ring substituents is 1. The largest absolute Gasteiger partial charge is 0.299 e. The topological polar surface area (TPSA) is 106 Å². The zero-order chi connectivity index (χ0) is 18.0. The van der Waals surface area contributed by atoms with E-state index in [9.17, 15) is 14.9 Å². The van der Waals surface area contributed by atoms with Crippen LogP contribution in [0.2, 0.25) is 5.02 Å². The smallest absolute Gasteiger partial charge is 0.293 e. The predicted molar refractivity (Wildman–Crippen MR) is 93.4 cm³/mol. The van der Waals surface area contributed by atoms with Gasteiger partial charge in [-0.25, -0.2) is 4.68 Å². The second-order valence-electron chi connectivity index (χ2n) is 5.18. The van der Waals surface area contributed by atoms with E-state index in [0.29, 0.717) is 16.4 Å². The van der Waals surface area contributed by atoms with Crippen LogP contribution in [0.15, 0.2) is 63.6 Å². The quantitative estimate of drug-likeness (QED) is 0.423. The third-order valence-corrected chi connectivity index (χ3v) is 3.68. The summed E-state index contributed by atoms with van der Waals surface area (Å²) in [4.78, 5) is 22.8. The number of nitro groups is 1. The molecule has 1 aromatic heterocycles. The van der Waals surface area contributed by atoms with Gasteiger partial charge in [-0.15, -0.1) is 5.11 Å². The molecule has 0 aliphatic carbocycles. The van der Waals surface area contributed by atoms with Gasteiger partial charge in [0.15, 0.2) is 5.69 Å². The number of nitrogens with zero attached hydrogens (tertiary/aromatic N) is 4. The van der Waals surface area contributed by atoms with Gasteiger partial charge in [0.25, 0.3) is 11.2 Å². The van der Waals surface area contributed by atoms with Gasteiger partial charge in [-0.3, -0.25) is 20.0 Å². The van der Waals surface area contributed by atoms with Crippen LogP contribution >= 0.6 is 11.6 Å². The average Bonchev–Trinajstić information content (AvgIpc) is 2.88. The van der Waals surface area contributed by atoms with Gasteiger partial charge in [0, 0.05) is 17.2 Å². The van der Waals surface area contributed by atoms with Crippen molar-refractivity contribution >= 4 is 28.7 Å². The molecule has 3 rings (SSSR count). The SMILES string of the molecule is Cc1[nH]n(-c2ccc(Cl)cc2)c(=O)c1N=Nc1cccc([N+](=O)[O-])c1. The zero-order valence-electron chi connectivity index (χ0n) is 13.0. The molecule has 0 amide bonds. The third-order valence-electron chi connectivity index (χ3n) is 3.43. The maximum absolute atomic E-state index is 12.5. The minimum absolute atomic E-state index is 0.0965. The molecular formula is C16H12ClN5O3. The van der Waals surface area contributed by atoms with Crippen LogP contribution in [0.5, 0.6) is 0 Å². The van der Waals surface area contributed by atoms with E-state index in [2.05, 4.69) is 15.3 Å². The number of aromatic nitrogens is 2. The molecule has 1 heterocycles. The van der Waals surface area contributed by atoms with E-state index < -0.39 is 4.92 Å². The number of aromatic amines is 1. The normalized spacial score (nSPS) is 11.1. The maximum atomic E-state index is 12.5. The van der Waals surface area contributed by atoms with Gasteiger partial charge in [0.2, 0.25) is 0 Å². The molecule has 126 valence electrons. The highest BCUT2D eigenvalue weighted by atomic mass is 35.5. The van der Waals surface area contributed by atoms with Gasteiger partial charge < -0.3 is 0 Å². The molecule has 0 bridgehead atoms. The fourth-order valence-electron chi connectivity index (χ4n) is 2.20. The summed E-state index contributed by atoms with van der Waals surface area (Å²) in [5.74, 6) is 0. The molecule has 0 spiro atoms. The summed E-state index contributed by atoms with van der Waals surface area (Å²) in [5.41, 5.74) is 1.06. The van der Waals surface area contributed by atoms with E-state index in [1.54, 1.807) is 37.3 Å². The first-order chi connectivity index (χ1) is 12.0. The zero-order valence-corrected chi connectivity index (χ0v) is 13.8. The Balaban J connectivity index is 1.96. The number of azo groups is 1. The summed E-state index contributed by atoms with van der Waals surface area (Å²) in [5, 5.41) is 22.1. The lowest BCUT2D eigenvalue weighted by Crippen LogP contribution is -2.13. The van der Waals surface area contributed by atoms with Gasteiger partial charge >= 0.3 is 0 Å². The number of hydrogen-bond acceptors (Lipinski definition) is 5. The van der Waals surface area contributed by atoms with Gasteiger partial charge in [-0.1, -0.05) is 17.7 Å². The average molecular weight is 358 g/mol. The molecule has 3 aromatic rings. The molecule has 2 aromatic carbocycles. The molecule has 0 aliphatic heterocycles. The van der Waals surface area contributed by atoms with Crippen molar-refractivity contribution in [1.29, 1.82) is 0 Å². The Morgan fingerprint density at radius 2 is 1.88 bits per heavy atom. The molecule has 0 fully saturated rings. The first-order valence-electron chi connectivity index (χ1n) is 7.19. The molecule has 0 saturated carbocycles. The van der Waals surface area contributed by atoms with Crippen LogP contribution in [0.4, 0.5) is 17.1 Å². The second kappa shape index (κ2) is 6.70. The second-order valence-corrected chi connectivity index (χ2v) is 5.62. The highest BCUT2D eigenvalue weighted by Crippen LogP contribution is 2.23. The maximum Gasteiger partial charge on any atom is 0.299 e. The van der Waals surface area contributed by atoms with Gasteiger partial charge in [-0.05, 0) is 37.3 Å². The van der Waals surface area contributed by atoms with Gasteiger partial charge in [-0.2, -0.15) is 5.11 Å². The summed E-state index contributed by atoms with van der Waals surface area (Å²) >= 11 is 5.85. The Morgan fingerprint density at radius 1 is 1.16 bits per heavy atom. The predicted octanol–water partition coefficient (Wildman–Crippen LogP) is 4.45. The number of hydrogen-bond donors (Lipinski definition) is 1. The molecule has 9 heteroatoms. The number of halogens is 1. The lowest BCUT2D eigenvalue weighted by atomic mass is 10.3. The number of rotatable bonds is 4. The Hall–Kier alpha value is -3.26. The molecule has 0 aliphatic rings. The number of benzene rings is 2. The minimum Gasteiger partial charge on any atom is -0.293 e. The van der Waals surface area contributed by atoms with Crippen LogP contribution in [-0.4, -0.2) is 14.7 Å². The molecule has 8 nitrogen and oxygen atoms in total. The van der Waals surface area contributed by atoms with E-state index in [0.717, 1.165) is 0 Å². The van der Waals surface area contributed by atoms with Crippen LogP contribution in [0.1, 0.15) is 5.69 Å². The van der Waals surface area contributed by atoms with Crippen LogP contribution in [0.3, 0.4) is 0 Å². The molecule has 0 unspecified atom stereocenters. The molecular weight excluding hydrogens is 346 g/mol. The summed E-state index contributed by atoms with van der Waals surface area (Å²) in [6.07, 6.45) is 0. The van der Waals surface area contributed by atoms with E-state index in [1.807, 2.05) is 0 Å². The van der Waals surface area contributed by atoms with Crippen molar-refractivity contribution in [3.05, 3.63) is 79.7 Å². The van der Waals surface area contributed by atoms with Crippen LogP contribution in [-0.2, 0) is 0 Å². The number of H-pyrrole nitrogens is 1. The van der Waals surface area contributed by atoms with Crippen LogP contribution in [0.25, 0.3) is 5.69 Å². The molecule has 25 heavy (non-hydrogen) atoms. The van der Waals surface area contributed by atoms with Crippen molar-refractivity contribution in [1.82, 2.24) is 9.78 Å². The highest BCUT2D eigenvalue weighted by molar-refractivity contribution is 6.30. The van der Waals surface area contributed by atoms with Crippen molar-refractivity contribution in [2.24, 2.45) is 10.2 Å². The van der Waals surface area contributed by atoms with E-state index >= 15 is 0 Å². The van der Waals surface area contributed by atoms with Crippen LogP contribution < -0.4 is 5.56 Å². The Bertz CT molecular complexity index is 1020. The first-order valence-corrected chi connectivity index (χ1v) is 7.57. The molecule has 0 atom stereocenters. The summed E-state index contributed by atoms with van der Waals surface area (Å²) in [6.45, 7) is 1.69. The van der Waals surface area contributed by atoms with Crippen molar-refractivity contribution in [2.75, 3.05) is 0 Å². The Morgan fingerprint density at radius 3 is 2.56 bits per heavy atom. The fraction of sp³-hybridized carbons (Fsp3) is 0.0625. The Kier molecular flexibility index (Phi) is 4.44. The van der Waals surface area contributed by atoms with Crippen molar-refractivity contribution < 1.29 is 4.92 Å². The van der Waals surface area contributed by atoms with Gasteiger partial charge in [0.05, 0.1) is 22.0 Å². The van der Waals surface area contributed by atoms with Crippen LogP contribution in [0, 0.1) is 17.0 Å². The van der Waals surface area contributed by atoms with E-state index in [-0.39, 0.29) is 22.6 Å². The molecule has 0 radical (unpaired) electrons. The first kappa shape index (κ1) is 16.6. The van der Waals surface area contributed by atoms with E-state index in [1.165, 1.54) is 22.9 Å². The monoisotopic (exact) mass is 357 g/mol. The molecule has 1 N–H and O–H groups in total. The summed E-state index contributed by atoms with van der Waals surface area (Å²) in [6, 6.07) is 12.4. The van der Waals surface area contributed by atoms with Gasteiger partial charge in [0.1, 0.15) is 0 Å². The summed E-state index contributed by atoms with van der Waals surface area (Å²) in [7, 11) is 0. The standard InChI is InChI=1S/C16H12ClN5O3/c1-10-15(19-18-12-3-2-4-14(9-12)22(24)25)16(23)21(20-10)13-7-5-11(17)6-8-13/h2-9,20H,1H3. The fourth-order valence-corrected chi connectivity index (χ4v) is 2.33. The number of nitrogens with one attached hydrogen (secondary N) is 1. The number of aryl methyl sites for hydroxylation is 1. The lowest BCUT2D eigenvalue weighted by molar-refractivity contribution is -0.384. The molecule has 0 saturated heterocycles. The Labute approximate surface area is 146 Å². The van der Waals surface area contributed by atoms with Crippen molar-refractivity contribution in [3.63, 3.8) is 0 Å². The summed E-state index contributed by atoms with van der Waals surface area (Å²) < 4.78 is 1.33. The lowest BCUT2D eigenvalue weighted by Gasteiger charge is -2.00. The highest BCUT2D eigenvalue weighted by Gasteiger charge is 2.12.